The molecule has 2 heteroatoms. The zero-order chi connectivity index (χ0) is 10.9. The Morgan fingerprint density at radius 2 is 1.87 bits per heavy atom. The molecule has 77 valence electrons. The highest BCUT2D eigenvalue weighted by Gasteiger charge is 2.34. The van der Waals surface area contributed by atoms with Crippen molar-refractivity contribution >= 4 is 23.2 Å². The summed E-state index contributed by atoms with van der Waals surface area (Å²) >= 11 is 12.7. The van der Waals surface area contributed by atoms with E-state index in [1.54, 1.807) is 0 Å². The minimum Gasteiger partial charge on any atom is -0.107 e. The van der Waals surface area contributed by atoms with E-state index >= 15 is 0 Å². The van der Waals surface area contributed by atoms with Gasteiger partial charge >= 0.3 is 0 Å². The second kappa shape index (κ2) is 4.03. The Bertz CT molecular complexity index is 432. The zero-order valence-electron chi connectivity index (χ0n) is 8.37. The summed E-state index contributed by atoms with van der Waals surface area (Å²) in [5, 5.41) is 0.640. The molecule has 0 aliphatic heterocycles. The number of hydrogen-bond acceptors (Lipinski definition) is 0. The summed E-state index contributed by atoms with van der Waals surface area (Å²) < 4.78 is 0. The molecule has 0 nitrogen and oxygen atoms in total. The molecule has 1 atom stereocenters. The van der Waals surface area contributed by atoms with E-state index in [-0.39, 0.29) is 0 Å². The quantitative estimate of drug-likeness (QED) is 0.639. The second-order valence-corrected chi connectivity index (χ2v) is 4.60. The van der Waals surface area contributed by atoms with Crippen molar-refractivity contribution < 1.29 is 0 Å². The van der Waals surface area contributed by atoms with Gasteiger partial charge in [-0.05, 0) is 24.1 Å². The molecule has 1 aromatic carbocycles. The SMILES string of the molecule is Cc1ccccc1C1(Cl)[CH]C=CC=C1Cl. The van der Waals surface area contributed by atoms with Crippen LogP contribution >= 0.6 is 23.2 Å². The van der Waals surface area contributed by atoms with Crippen LogP contribution < -0.4 is 0 Å². The lowest BCUT2D eigenvalue weighted by molar-refractivity contribution is 0.876. The average molecular weight is 238 g/mol. The van der Waals surface area contributed by atoms with Gasteiger partial charge in [0.25, 0.3) is 0 Å². The number of benzene rings is 1. The van der Waals surface area contributed by atoms with E-state index in [1.807, 2.05) is 55.8 Å². The normalized spacial score (nSPS) is 25.1. The maximum absolute atomic E-state index is 6.55. The summed E-state index contributed by atoms with van der Waals surface area (Å²) in [6.07, 6.45) is 7.56. The van der Waals surface area contributed by atoms with Gasteiger partial charge in [0.2, 0.25) is 0 Å². The molecule has 0 bridgehead atoms. The Morgan fingerprint density at radius 1 is 1.13 bits per heavy atom. The van der Waals surface area contributed by atoms with E-state index in [0.29, 0.717) is 5.03 Å². The fourth-order valence-electron chi connectivity index (χ4n) is 1.73. The second-order valence-electron chi connectivity index (χ2n) is 3.59. The van der Waals surface area contributed by atoms with Crippen molar-refractivity contribution in [1.82, 2.24) is 0 Å². The Balaban J connectivity index is 2.51. The van der Waals surface area contributed by atoms with Crippen LogP contribution in [0, 0.1) is 13.3 Å². The van der Waals surface area contributed by atoms with Crippen LogP contribution in [0.15, 0.2) is 47.5 Å². The van der Waals surface area contributed by atoms with E-state index < -0.39 is 4.87 Å². The zero-order valence-corrected chi connectivity index (χ0v) is 9.89. The van der Waals surface area contributed by atoms with Gasteiger partial charge in [0.1, 0.15) is 4.87 Å². The molecule has 0 fully saturated rings. The van der Waals surface area contributed by atoms with Gasteiger partial charge in [0, 0.05) is 11.5 Å². The Kier molecular flexibility index (Phi) is 2.90. The van der Waals surface area contributed by atoms with E-state index in [1.165, 1.54) is 0 Å². The van der Waals surface area contributed by atoms with Crippen molar-refractivity contribution in [1.29, 1.82) is 0 Å². The number of rotatable bonds is 1. The van der Waals surface area contributed by atoms with E-state index in [0.717, 1.165) is 11.1 Å². The molecule has 1 aliphatic carbocycles. The monoisotopic (exact) mass is 237 g/mol. The van der Waals surface area contributed by atoms with Gasteiger partial charge in [-0.2, -0.15) is 0 Å². The predicted molar refractivity (Wildman–Crippen MR) is 66.1 cm³/mol. The summed E-state index contributed by atoms with van der Waals surface area (Å²) in [6, 6.07) is 8.02. The molecular formula is C13H11Cl2. The van der Waals surface area contributed by atoms with Crippen molar-refractivity contribution in [3.8, 4) is 0 Å². The number of allylic oxidation sites excluding steroid dienone is 4. The number of hydrogen-bond donors (Lipinski definition) is 0. The lowest BCUT2D eigenvalue weighted by Gasteiger charge is -2.29. The lowest BCUT2D eigenvalue weighted by Crippen LogP contribution is -2.22. The molecule has 0 saturated carbocycles. The van der Waals surface area contributed by atoms with Crippen LogP contribution in [-0.4, -0.2) is 0 Å². The molecule has 0 amide bonds. The lowest BCUT2D eigenvalue weighted by atomic mass is 9.88. The first-order valence-electron chi connectivity index (χ1n) is 4.78. The Morgan fingerprint density at radius 3 is 2.53 bits per heavy atom. The van der Waals surface area contributed by atoms with Gasteiger partial charge < -0.3 is 0 Å². The molecule has 1 radical (unpaired) electrons. The molecule has 0 aromatic heterocycles. The van der Waals surface area contributed by atoms with E-state index in [9.17, 15) is 0 Å². The Labute approximate surface area is 100 Å². The van der Waals surface area contributed by atoms with Crippen molar-refractivity contribution in [2.24, 2.45) is 0 Å². The molecule has 15 heavy (non-hydrogen) atoms. The van der Waals surface area contributed by atoms with Crippen LogP contribution in [0.25, 0.3) is 0 Å². The highest BCUT2D eigenvalue weighted by atomic mass is 35.5. The van der Waals surface area contributed by atoms with Crippen molar-refractivity contribution in [2.75, 3.05) is 0 Å². The maximum atomic E-state index is 6.55. The molecule has 1 aliphatic rings. The van der Waals surface area contributed by atoms with Crippen molar-refractivity contribution in [2.45, 2.75) is 11.8 Å². The first kappa shape index (κ1) is 10.8. The minimum absolute atomic E-state index is 0.640. The smallest absolute Gasteiger partial charge is 0.107 e. The van der Waals surface area contributed by atoms with Crippen LogP contribution in [0.2, 0.25) is 0 Å². The predicted octanol–water partition coefficient (Wildman–Crippen LogP) is 4.33. The fourth-order valence-corrected chi connectivity index (χ4v) is 2.31. The fraction of sp³-hybridized carbons (Fsp3) is 0.154. The van der Waals surface area contributed by atoms with E-state index in [4.69, 9.17) is 23.2 Å². The number of aryl methyl sites for hydroxylation is 1. The average Bonchev–Trinajstić information content (AvgIpc) is 2.23. The first-order chi connectivity index (χ1) is 7.14. The molecule has 1 aromatic rings. The topological polar surface area (TPSA) is 0 Å². The third-order valence-corrected chi connectivity index (χ3v) is 3.62. The minimum atomic E-state index is -0.693. The summed E-state index contributed by atoms with van der Waals surface area (Å²) in [7, 11) is 0. The van der Waals surface area contributed by atoms with Gasteiger partial charge in [0.15, 0.2) is 0 Å². The van der Waals surface area contributed by atoms with Gasteiger partial charge in [-0.15, -0.1) is 11.6 Å². The molecule has 1 unspecified atom stereocenters. The summed E-state index contributed by atoms with van der Waals surface area (Å²) in [5.74, 6) is 0. The highest BCUT2D eigenvalue weighted by Crippen LogP contribution is 2.44. The van der Waals surface area contributed by atoms with Gasteiger partial charge in [0.05, 0.1) is 0 Å². The molecule has 2 rings (SSSR count). The molecule has 0 N–H and O–H groups in total. The third kappa shape index (κ3) is 1.84. The number of alkyl halides is 1. The summed E-state index contributed by atoms with van der Waals surface area (Å²) in [5.41, 5.74) is 2.18. The van der Waals surface area contributed by atoms with Crippen LogP contribution in [-0.2, 0) is 4.87 Å². The Hall–Kier alpha value is -0.720. The standard InChI is InChI=1S/C13H11Cl2/c1-10-6-2-3-7-11(10)13(15)9-5-4-8-12(13)14/h2-9H,1H3. The number of halogens is 2. The summed E-state index contributed by atoms with van der Waals surface area (Å²) in [4.78, 5) is -0.693. The van der Waals surface area contributed by atoms with Gasteiger partial charge in [-0.25, -0.2) is 0 Å². The van der Waals surface area contributed by atoms with Crippen LogP contribution in [0.5, 0.6) is 0 Å². The summed E-state index contributed by atoms with van der Waals surface area (Å²) in [6.45, 7) is 2.04. The molecular weight excluding hydrogens is 227 g/mol. The molecule has 0 spiro atoms. The highest BCUT2D eigenvalue weighted by molar-refractivity contribution is 6.40. The van der Waals surface area contributed by atoms with Crippen LogP contribution in [0.4, 0.5) is 0 Å². The first-order valence-corrected chi connectivity index (χ1v) is 5.54. The third-order valence-electron chi connectivity index (χ3n) is 2.56. The molecule has 0 heterocycles. The van der Waals surface area contributed by atoms with E-state index in [2.05, 4.69) is 0 Å². The van der Waals surface area contributed by atoms with Gasteiger partial charge in [-0.1, -0.05) is 48.0 Å². The van der Waals surface area contributed by atoms with Crippen LogP contribution in [0.3, 0.4) is 0 Å². The molecule has 0 saturated heterocycles. The van der Waals surface area contributed by atoms with Crippen molar-refractivity contribution in [3.63, 3.8) is 0 Å². The maximum Gasteiger partial charge on any atom is 0.112 e. The largest absolute Gasteiger partial charge is 0.112 e. The van der Waals surface area contributed by atoms with Gasteiger partial charge in [-0.3, -0.25) is 0 Å². The van der Waals surface area contributed by atoms with Crippen molar-refractivity contribution in [3.05, 3.63) is 65.1 Å². The van der Waals surface area contributed by atoms with Crippen LogP contribution in [0.1, 0.15) is 11.1 Å².